The summed E-state index contributed by atoms with van der Waals surface area (Å²) in [5, 5.41) is 3.08. The molecule has 110 valence electrons. The summed E-state index contributed by atoms with van der Waals surface area (Å²) in [5.41, 5.74) is 8.99. The first-order valence-electron chi connectivity index (χ1n) is 7.36. The van der Waals surface area contributed by atoms with Crippen LogP contribution in [0.2, 0.25) is 0 Å². The maximum absolute atomic E-state index is 12.2. The van der Waals surface area contributed by atoms with E-state index in [1.54, 1.807) is 0 Å². The number of aryl methyl sites for hydroxylation is 1. The molecule has 0 saturated heterocycles. The first-order chi connectivity index (χ1) is 9.43. The van der Waals surface area contributed by atoms with Gasteiger partial charge in [-0.25, -0.2) is 0 Å². The second-order valence-electron chi connectivity index (χ2n) is 6.17. The van der Waals surface area contributed by atoms with E-state index in [0.717, 1.165) is 37.2 Å². The molecule has 1 aliphatic rings. The van der Waals surface area contributed by atoms with Gasteiger partial charge in [-0.2, -0.15) is 0 Å². The van der Waals surface area contributed by atoms with E-state index < -0.39 is 0 Å². The van der Waals surface area contributed by atoms with Crippen LogP contribution in [-0.2, 0) is 11.2 Å². The van der Waals surface area contributed by atoms with Crippen LogP contribution in [0.5, 0.6) is 0 Å². The molecule has 1 aromatic rings. The highest BCUT2D eigenvalue weighted by atomic mass is 16.2. The predicted octanol–water partition coefficient (Wildman–Crippen LogP) is 2.33. The smallest absolute Gasteiger partial charge is 0.239 e. The van der Waals surface area contributed by atoms with Gasteiger partial charge in [0.05, 0.1) is 17.9 Å². The van der Waals surface area contributed by atoms with Gasteiger partial charge in [0.25, 0.3) is 0 Å². The number of anilines is 2. The Hall–Kier alpha value is -1.71. The van der Waals surface area contributed by atoms with Crippen LogP contribution < -0.4 is 16.0 Å². The van der Waals surface area contributed by atoms with Crippen LogP contribution in [0, 0.1) is 0 Å². The number of hydrogen-bond acceptors (Lipinski definition) is 3. The predicted molar refractivity (Wildman–Crippen MR) is 83.9 cm³/mol. The maximum atomic E-state index is 12.2. The summed E-state index contributed by atoms with van der Waals surface area (Å²) in [7, 11) is 0. The van der Waals surface area contributed by atoms with Crippen LogP contribution >= 0.6 is 0 Å². The van der Waals surface area contributed by atoms with Crippen molar-refractivity contribution < 1.29 is 4.79 Å². The minimum Gasteiger partial charge on any atom is -0.397 e. The maximum Gasteiger partial charge on any atom is 0.239 e. The Balaban J connectivity index is 2.11. The molecule has 0 aromatic heterocycles. The molecule has 3 N–H and O–H groups in total. The summed E-state index contributed by atoms with van der Waals surface area (Å²) in [5.74, 6) is 0.0629. The van der Waals surface area contributed by atoms with Crippen molar-refractivity contribution in [1.29, 1.82) is 0 Å². The molecule has 0 bridgehead atoms. The average Bonchev–Trinajstić information content (AvgIpc) is 2.38. The van der Waals surface area contributed by atoms with E-state index in [2.05, 4.69) is 23.2 Å². The van der Waals surface area contributed by atoms with Gasteiger partial charge in [0.1, 0.15) is 0 Å². The second kappa shape index (κ2) is 5.73. The Morgan fingerprint density at radius 2 is 2.20 bits per heavy atom. The van der Waals surface area contributed by atoms with Crippen molar-refractivity contribution in [2.24, 2.45) is 0 Å². The van der Waals surface area contributed by atoms with Crippen LogP contribution in [0.15, 0.2) is 18.2 Å². The fraction of sp³-hybridized carbons (Fsp3) is 0.562. The number of nitrogens with two attached hydrogens (primary N) is 1. The number of nitrogens with zero attached hydrogens (tertiary/aromatic N) is 1. The number of carbonyl (C=O) groups excluding carboxylic acids is 1. The molecule has 20 heavy (non-hydrogen) atoms. The Bertz CT molecular complexity index is 496. The standard InChI is InChI=1S/C16H25N3O/c1-4-16(2,3)18-14(20)11-19-10-6-8-12-7-5-9-13(17)15(12)19/h5,7,9H,4,6,8,10-11,17H2,1-3H3,(H,18,20). The van der Waals surface area contributed by atoms with E-state index >= 15 is 0 Å². The zero-order valence-corrected chi connectivity index (χ0v) is 12.7. The lowest BCUT2D eigenvalue weighted by atomic mass is 10.00. The lowest BCUT2D eigenvalue weighted by Crippen LogP contribution is -2.48. The van der Waals surface area contributed by atoms with Crippen LogP contribution in [0.3, 0.4) is 0 Å². The Kier molecular flexibility index (Phi) is 4.21. The molecule has 1 heterocycles. The summed E-state index contributed by atoms with van der Waals surface area (Å²) >= 11 is 0. The van der Waals surface area contributed by atoms with Crippen LogP contribution in [0.25, 0.3) is 0 Å². The highest BCUT2D eigenvalue weighted by molar-refractivity contribution is 5.84. The topological polar surface area (TPSA) is 58.4 Å². The highest BCUT2D eigenvalue weighted by Crippen LogP contribution is 2.32. The van der Waals surface area contributed by atoms with Gasteiger partial charge in [-0.05, 0) is 44.7 Å². The number of para-hydroxylation sites is 1. The molecular weight excluding hydrogens is 250 g/mol. The average molecular weight is 275 g/mol. The molecule has 0 saturated carbocycles. The van der Waals surface area contributed by atoms with Crippen molar-refractivity contribution in [2.75, 3.05) is 23.7 Å². The zero-order chi connectivity index (χ0) is 14.8. The highest BCUT2D eigenvalue weighted by Gasteiger charge is 2.23. The van der Waals surface area contributed by atoms with E-state index in [1.165, 1.54) is 5.56 Å². The molecule has 0 aliphatic carbocycles. The van der Waals surface area contributed by atoms with Crippen molar-refractivity contribution in [3.8, 4) is 0 Å². The summed E-state index contributed by atoms with van der Waals surface area (Å²) in [4.78, 5) is 14.3. The molecule has 1 aliphatic heterocycles. The Labute approximate surface area is 121 Å². The first kappa shape index (κ1) is 14.7. The first-order valence-corrected chi connectivity index (χ1v) is 7.36. The largest absolute Gasteiger partial charge is 0.397 e. The van der Waals surface area contributed by atoms with Gasteiger partial charge in [-0.1, -0.05) is 19.1 Å². The van der Waals surface area contributed by atoms with Crippen molar-refractivity contribution in [3.63, 3.8) is 0 Å². The number of carbonyl (C=O) groups is 1. The molecule has 4 nitrogen and oxygen atoms in total. The molecule has 1 amide bonds. The van der Waals surface area contributed by atoms with Gasteiger partial charge in [0, 0.05) is 12.1 Å². The Morgan fingerprint density at radius 1 is 1.45 bits per heavy atom. The third-order valence-corrected chi connectivity index (χ3v) is 4.04. The minimum atomic E-state index is -0.155. The van der Waals surface area contributed by atoms with Crippen molar-refractivity contribution in [1.82, 2.24) is 5.32 Å². The number of nitrogen functional groups attached to an aromatic ring is 1. The van der Waals surface area contributed by atoms with E-state index in [0.29, 0.717) is 6.54 Å². The van der Waals surface area contributed by atoms with Crippen LogP contribution in [0.1, 0.15) is 39.2 Å². The number of benzene rings is 1. The summed E-state index contributed by atoms with van der Waals surface area (Å²) in [6.07, 6.45) is 3.03. The van der Waals surface area contributed by atoms with Gasteiger partial charge in [-0.15, -0.1) is 0 Å². The second-order valence-corrected chi connectivity index (χ2v) is 6.17. The molecule has 0 radical (unpaired) electrons. The molecular formula is C16H25N3O. The third kappa shape index (κ3) is 3.24. The summed E-state index contributed by atoms with van der Waals surface area (Å²) in [6.45, 7) is 7.44. The molecule has 0 atom stereocenters. The third-order valence-electron chi connectivity index (χ3n) is 4.04. The van der Waals surface area contributed by atoms with Gasteiger partial charge in [0.2, 0.25) is 5.91 Å². The SMILES string of the molecule is CCC(C)(C)NC(=O)CN1CCCc2cccc(N)c21. The fourth-order valence-corrected chi connectivity index (χ4v) is 2.61. The number of hydrogen-bond donors (Lipinski definition) is 2. The molecule has 2 rings (SSSR count). The molecule has 4 heteroatoms. The normalized spacial score (nSPS) is 14.8. The van der Waals surface area contributed by atoms with Gasteiger partial charge in [-0.3, -0.25) is 4.79 Å². The van der Waals surface area contributed by atoms with Crippen molar-refractivity contribution in [3.05, 3.63) is 23.8 Å². The quantitative estimate of drug-likeness (QED) is 0.829. The van der Waals surface area contributed by atoms with E-state index in [4.69, 9.17) is 5.73 Å². The monoisotopic (exact) mass is 275 g/mol. The number of nitrogens with one attached hydrogen (secondary N) is 1. The molecule has 1 aromatic carbocycles. The molecule has 0 spiro atoms. The van der Waals surface area contributed by atoms with Crippen molar-refractivity contribution >= 4 is 17.3 Å². The van der Waals surface area contributed by atoms with Gasteiger partial charge < -0.3 is 16.0 Å². The van der Waals surface area contributed by atoms with Crippen molar-refractivity contribution in [2.45, 2.75) is 45.6 Å². The minimum absolute atomic E-state index is 0.0629. The summed E-state index contributed by atoms with van der Waals surface area (Å²) < 4.78 is 0. The number of fused-ring (bicyclic) bond motifs is 1. The van der Waals surface area contributed by atoms with E-state index in [-0.39, 0.29) is 11.4 Å². The lowest BCUT2D eigenvalue weighted by Gasteiger charge is -2.33. The molecule has 0 fully saturated rings. The van der Waals surface area contributed by atoms with Gasteiger partial charge in [0.15, 0.2) is 0 Å². The number of amides is 1. The number of rotatable bonds is 4. The van der Waals surface area contributed by atoms with Gasteiger partial charge >= 0.3 is 0 Å². The van der Waals surface area contributed by atoms with E-state index in [9.17, 15) is 4.79 Å². The molecule has 0 unspecified atom stereocenters. The zero-order valence-electron chi connectivity index (χ0n) is 12.7. The lowest BCUT2D eigenvalue weighted by molar-refractivity contribution is -0.121. The van der Waals surface area contributed by atoms with E-state index in [1.807, 2.05) is 26.0 Å². The fourth-order valence-electron chi connectivity index (χ4n) is 2.61. The Morgan fingerprint density at radius 3 is 2.90 bits per heavy atom. The van der Waals surface area contributed by atoms with Crippen LogP contribution in [-0.4, -0.2) is 24.5 Å². The van der Waals surface area contributed by atoms with Crippen LogP contribution in [0.4, 0.5) is 11.4 Å². The summed E-state index contributed by atoms with van der Waals surface area (Å²) in [6, 6.07) is 5.99.